The Morgan fingerprint density at radius 1 is 1.00 bits per heavy atom. The van der Waals surface area contributed by atoms with E-state index in [0.717, 1.165) is 25.3 Å². The van der Waals surface area contributed by atoms with Gasteiger partial charge in [0.15, 0.2) is 5.82 Å². The standard InChI is InChI=1S/C16H16F3NO/c1-2-3-4-9-21-12-7-5-11(6-8-12)13-10-14(17)16(19)20-15(13)18/h5-8,10H,2-4,9H2,1H3. The molecule has 0 saturated carbocycles. The summed E-state index contributed by atoms with van der Waals surface area (Å²) in [5.41, 5.74) is 0.339. The summed E-state index contributed by atoms with van der Waals surface area (Å²) in [6.07, 6.45) is 3.19. The van der Waals surface area contributed by atoms with Crippen LogP contribution in [0.2, 0.25) is 0 Å². The second-order valence-electron chi connectivity index (χ2n) is 4.68. The summed E-state index contributed by atoms with van der Waals surface area (Å²) in [5, 5.41) is 0. The van der Waals surface area contributed by atoms with Crippen LogP contribution in [0, 0.1) is 17.7 Å². The maximum Gasteiger partial charge on any atom is 0.251 e. The maximum absolute atomic E-state index is 13.6. The average Bonchev–Trinajstić information content (AvgIpc) is 2.48. The van der Waals surface area contributed by atoms with Gasteiger partial charge in [-0.05, 0) is 30.2 Å². The van der Waals surface area contributed by atoms with Crippen molar-refractivity contribution < 1.29 is 17.9 Å². The molecule has 0 aliphatic rings. The monoisotopic (exact) mass is 295 g/mol. The van der Waals surface area contributed by atoms with Crippen LogP contribution in [-0.2, 0) is 0 Å². The van der Waals surface area contributed by atoms with Crippen molar-refractivity contribution in [1.82, 2.24) is 4.98 Å². The number of benzene rings is 1. The van der Waals surface area contributed by atoms with Crippen molar-refractivity contribution in [1.29, 1.82) is 0 Å². The minimum Gasteiger partial charge on any atom is -0.494 e. The fraction of sp³-hybridized carbons (Fsp3) is 0.312. The van der Waals surface area contributed by atoms with Gasteiger partial charge in [-0.1, -0.05) is 31.9 Å². The first-order valence-electron chi connectivity index (χ1n) is 6.86. The van der Waals surface area contributed by atoms with Crippen molar-refractivity contribution in [3.8, 4) is 16.9 Å². The lowest BCUT2D eigenvalue weighted by atomic mass is 10.1. The highest BCUT2D eigenvalue weighted by molar-refractivity contribution is 5.63. The predicted molar refractivity (Wildman–Crippen MR) is 74.6 cm³/mol. The van der Waals surface area contributed by atoms with Crippen LogP contribution in [0.4, 0.5) is 13.2 Å². The number of hydrogen-bond donors (Lipinski definition) is 0. The van der Waals surface area contributed by atoms with E-state index in [0.29, 0.717) is 17.9 Å². The van der Waals surface area contributed by atoms with Crippen molar-refractivity contribution >= 4 is 0 Å². The van der Waals surface area contributed by atoms with E-state index in [1.54, 1.807) is 24.3 Å². The van der Waals surface area contributed by atoms with Crippen molar-refractivity contribution in [2.24, 2.45) is 0 Å². The largest absolute Gasteiger partial charge is 0.494 e. The minimum absolute atomic E-state index is 0.0774. The molecule has 0 unspecified atom stereocenters. The molecule has 0 atom stereocenters. The molecule has 2 aromatic rings. The smallest absolute Gasteiger partial charge is 0.251 e. The first-order chi connectivity index (χ1) is 10.1. The number of nitrogens with zero attached hydrogens (tertiary/aromatic N) is 1. The third-order valence-corrected chi connectivity index (χ3v) is 3.07. The van der Waals surface area contributed by atoms with E-state index in [1.165, 1.54) is 0 Å². The third-order valence-electron chi connectivity index (χ3n) is 3.07. The Labute approximate surface area is 121 Å². The van der Waals surface area contributed by atoms with Gasteiger partial charge in [0.05, 0.1) is 6.61 Å². The van der Waals surface area contributed by atoms with Gasteiger partial charge >= 0.3 is 0 Å². The van der Waals surface area contributed by atoms with Crippen LogP contribution >= 0.6 is 0 Å². The normalized spacial score (nSPS) is 10.7. The van der Waals surface area contributed by atoms with E-state index in [9.17, 15) is 13.2 Å². The second kappa shape index (κ2) is 7.11. The van der Waals surface area contributed by atoms with Gasteiger partial charge in [-0.15, -0.1) is 0 Å². The molecule has 0 aliphatic carbocycles. The number of aromatic nitrogens is 1. The zero-order valence-electron chi connectivity index (χ0n) is 11.7. The Morgan fingerprint density at radius 2 is 1.71 bits per heavy atom. The van der Waals surface area contributed by atoms with Gasteiger partial charge in [0.2, 0.25) is 5.95 Å². The third kappa shape index (κ3) is 3.97. The topological polar surface area (TPSA) is 22.1 Å². The quantitative estimate of drug-likeness (QED) is 0.567. The maximum atomic E-state index is 13.6. The van der Waals surface area contributed by atoms with Gasteiger partial charge in [-0.25, -0.2) is 4.39 Å². The van der Waals surface area contributed by atoms with Crippen LogP contribution in [0.25, 0.3) is 11.1 Å². The molecular formula is C16H16F3NO. The van der Waals surface area contributed by atoms with E-state index in [1.807, 2.05) is 0 Å². The molecule has 0 N–H and O–H groups in total. The number of ether oxygens (including phenoxy) is 1. The number of halogens is 3. The van der Waals surface area contributed by atoms with Crippen molar-refractivity contribution in [3.63, 3.8) is 0 Å². The molecule has 0 amide bonds. The Hall–Kier alpha value is -2.04. The average molecular weight is 295 g/mol. The summed E-state index contributed by atoms with van der Waals surface area (Å²) in [4.78, 5) is 2.90. The molecule has 5 heteroatoms. The molecular weight excluding hydrogens is 279 g/mol. The van der Waals surface area contributed by atoms with Crippen LogP contribution in [0.5, 0.6) is 5.75 Å². The van der Waals surface area contributed by atoms with Crippen molar-refractivity contribution in [3.05, 3.63) is 48.0 Å². The molecule has 0 fully saturated rings. The van der Waals surface area contributed by atoms with Crippen LogP contribution in [0.15, 0.2) is 30.3 Å². The summed E-state index contributed by atoms with van der Waals surface area (Å²) in [5.74, 6) is -2.99. The summed E-state index contributed by atoms with van der Waals surface area (Å²) >= 11 is 0. The van der Waals surface area contributed by atoms with Gasteiger partial charge in [0.25, 0.3) is 5.95 Å². The fourth-order valence-corrected chi connectivity index (χ4v) is 1.92. The highest BCUT2D eigenvalue weighted by Crippen LogP contribution is 2.25. The lowest BCUT2D eigenvalue weighted by molar-refractivity contribution is 0.306. The Bertz CT molecular complexity index is 599. The van der Waals surface area contributed by atoms with E-state index in [2.05, 4.69) is 11.9 Å². The van der Waals surface area contributed by atoms with Crippen LogP contribution in [-0.4, -0.2) is 11.6 Å². The fourth-order valence-electron chi connectivity index (χ4n) is 1.92. The van der Waals surface area contributed by atoms with Gasteiger partial charge in [-0.3, -0.25) is 0 Å². The Kier molecular flexibility index (Phi) is 5.20. The molecule has 0 aliphatic heterocycles. The van der Waals surface area contributed by atoms with E-state index >= 15 is 0 Å². The summed E-state index contributed by atoms with van der Waals surface area (Å²) < 4.78 is 45.0. The van der Waals surface area contributed by atoms with Crippen LogP contribution in [0.3, 0.4) is 0 Å². The first kappa shape index (κ1) is 15.4. The number of hydrogen-bond acceptors (Lipinski definition) is 2. The summed E-state index contributed by atoms with van der Waals surface area (Å²) in [6, 6.07) is 7.32. The lowest BCUT2D eigenvalue weighted by Crippen LogP contribution is -1.98. The summed E-state index contributed by atoms with van der Waals surface area (Å²) in [7, 11) is 0. The Balaban J connectivity index is 2.10. The van der Waals surface area contributed by atoms with Gasteiger partial charge in [0.1, 0.15) is 5.75 Å². The summed E-state index contributed by atoms with van der Waals surface area (Å²) in [6.45, 7) is 2.73. The van der Waals surface area contributed by atoms with Gasteiger partial charge in [0, 0.05) is 5.56 Å². The zero-order valence-corrected chi connectivity index (χ0v) is 11.7. The molecule has 21 heavy (non-hydrogen) atoms. The molecule has 112 valence electrons. The molecule has 1 aromatic carbocycles. The highest BCUT2D eigenvalue weighted by atomic mass is 19.2. The second-order valence-corrected chi connectivity index (χ2v) is 4.68. The highest BCUT2D eigenvalue weighted by Gasteiger charge is 2.13. The minimum atomic E-state index is -1.44. The number of unbranched alkanes of at least 4 members (excludes halogenated alkanes) is 2. The van der Waals surface area contributed by atoms with Gasteiger partial charge in [-0.2, -0.15) is 13.8 Å². The van der Waals surface area contributed by atoms with Crippen molar-refractivity contribution in [2.75, 3.05) is 6.61 Å². The Morgan fingerprint density at radius 3 is 2.38 bits per heavy atom. The molecule has 1 aromatic heterocycles. The van der Waals surface area contributed by atoms with Crippen LogP contribution < -0.4 is 4.74 Å². The molecule has 2 nitrogen and oxygen atoms in total. The predicted octanol–water partition coefficient (Wildman–Crippen LogP) is 4.73. The SMILES string of the molecule is CCCCCOc1ccc(-c2cc(F)c(F)nc2F)cc1. The zero-order chi connectivity index (χ0) is 15.2. The molecule has 1 heterocycles. The van der Waals surface area contributed by atoms with E-state index in [-0.39, 0.29) is 5.56 Å². The van der Waals surface area contributed by atoms with E-state index < -0.39 is 17.7 Å². The van der Waals surface area contributed by atoms with Gasteiger partial charge < -0.3 is 4.74 Å². The molecule has 0 radical (unpaired) electrons. The van der Waals surface area contributed by atoms with E-state index in [4.69, 9.17) is 4.74 Å². The van der Waals surface area contributed by atoms with Crippen LogP contribution in [0.1, 0.15) is 26.2 Å². The number of rotatable bonds is 6. The lowest BCUT2D eigenvalue weighted by Gasteiger charge is -2.07. The number of pyridine rings is 1. The molecule has 0 saturated heterocycles. The molecule has 2 rings (SSSR count). The molecule has 0 spiro atoms. The molecule has 0 bridgehead atoms. The van der Waals surface area contributed by atoms with Crippen molar-refractivity contribution in [2.45, 2.75) is 26.2 Å². The first-order valence-corrected chi connectivity index (χ1v) is 6.86.